The van der Waals surface area contributed by atoms with Crippen LogP contribution in [0.2, 0.25) is 0 Å². The van der Waals surface area contributed by atoms with E-state index in [-0.39, 0.29) is 5.69 Å². The van der Waals surface area contributed by atoms with Gasteiger partial charge in [0.05, 0.1) is 5.69 Å². The Balaban J connectivity index is 2.18. The smallest absolute Gasteiger partial charge is 0.301 e. The van der Waals surface area contributed by atoms with E-state index in [1.165, 1.54) is 16.4 Å². The molecule has 7 heteroatoms. The minimum atomic E-state index is -3.72. The lowest BCUT2D eigenvalue weighted by Gasteiger charge is -2.30. The highest BCUT2D eigenvalue weighted by molar-refractivity contribution is 7.90. The Labute approximate surface area is 112 Å². The van der Waals surface area contributed by atoms with Gasteiger partial charge in [0.1, 0.15) is 5.82 Å². The normalized spacial score (nSPS) is 21.3. The molecule has 2 rings (SSSR count). The van der Waals surface area contributed by atoms with Crippen LogP contribution in [0.15, 0.2) is 18.2 Å². The number of nitrogens with zero attached hydrogens (tertiary/aromatic N) is 1. The summed E-state index contributed by atoms with van der Waals surface area (Å²) < 4.78 is 41.5. The van der Waals surface area contributed by atoms with Gasteiger partial charge in [0.25, 0.3) is 0 Å². The summed E-state index contributed by atoms with van der Waals surface area (Å²) in [4.78, 5) is 0. The number of halogens is 1. The first-order chi connectivity index (χ1) is 8.88. The number of rotatable bonds is 3. The van der Waals surface area contributed by atoms with Crippen molar-refractivity contribution in [1.29, 1.82) is 0 Å². The molecule has 1 heterocycles. The van der Waals surface area contributed by atoms with Crippen LogP contribution in [0.4, 0.5) is 15.8 Å². The first-order valence-electron chi connectivity index (χ1n) is 6.21. The van der Waals surface area contributed by atoms with Crippen molar-refractivity contribution in [3.8, 4) is 0 Å². The second-order valence-electron chi connectivity index (χ2n) is 4.95. The molecule has 1 aliphatic heterocycles. The van der Waals surface area contributed by atoms with Crippen molar-refractivity contribution in [3.63, 3.8) is 0 Å². The van der Waals surface area contributed by atoms with Crippen LogP contribution in [-0.4, -0.2) is 25.8 Å². The molecule has 0 amide bonds. The van der Waals surface area contributed by atoms with E-state index in [1.807, 2.05) is 6.92 Å². The van der Waals surface area contributed by atoms with E-state index in [1.54, 1.807) is 0 Å². The van der Waals surface area contributed by atoms with Gasteiger partial charge in [-0.05, 0) is 37.0 Å². The molecule has 0 saturated carbocycles. The Hall–Kier alpha value is -1.34. The summed E-state index contributed by atoms with van der Waals surface area (Å²) in [5.41, 5.74) is 5.73. The maximum Gasteiger partial charge on any atom is 0.301 e. The van der Waals surface area contributed by atoms with E-state index in [0.717, 1.165) is 18.9 Å². The van der Waals surface area contributed by atoms with Crippen LogP contribution in [0.5, 0.6) is 0 Å². The SMILES string of the molecule is CC1CCCN(S(=O)(=O)Nc2cc(N)ccc2F)C1. The summed E-state index contributed by atoms with van der Waals surface area (Å²) >= 11 is 0. The first-order valence-corrected chi connectivity index (χ1v) is 7.65. The molecule has 1 atom stereocenters. The molecule has 0 bridgehead atoms. The van der Waals surface area contributed by atoms with E-state index in [2.05, 4.69) is 4.72 Å². The van der Waals surface area contributed by atoms with Crippen LogP contribution in [0.3, 0.4) is 0 Å². The van der Waals surface area contributed by atoms with Gasteiger partial charge in [-0.15, -0.1) is 0 Å². The lowest BCUT2D eigenvalue weighted by molar-refractivity contribution is 0.282. The Morgan fingerprint density at radius 1 is 1.47 bits per heavy atom. The molecule has 0 aromatic heterocycles. The summed E-state index contributed by atoms with van der Waals surface area (Å²) in [6, 6.07) is 3.81. The van der Waals surface area contributed by atoms with Crippen LogP contribution in [0, 0.1) is 11.7 Å². The maximum absolute atomic E-state index is 13.5. The standard InChI is InChI=1S/C12H18FN3O2S/c1-9-3-2-6-16(8-9)19(17,18)15-12-7-10(14)4-5-11(12)13/h4-5,7,9,15H,2-3,6,8,14H2,1H3. The summed E-state index contributed by atoms with van der Waals surface area (Å²) in [6.45, 7) is 2.92. The number of hydrogen-bond donors (Lipinski definition) is 2. The largest absolute Gasteiger partial charge is 0.399 e. The van der Waals surface area contributed by atoms with Crippen molar-refractivity contribution in [3.05, 3.63) is 24.0 Å². The summed E-state index contributed by atoms with van der Waals surface area (Å²) in [7, 11) is -3.72. The first kappa shape index (κ1) is 14.1. The molecule has 1 aromatic rings. The Morgan fingerprint density at radius 3 is 2.89 bits per heavy atom. The van der Waals surface area contributed by atoms with Crippen molar-refractivity contribution >= 4 is 21.6 Å². The Bertz CT molecular complexity index is 562. The van der Waals surface area contributed by atoms with Gasteiger partial charge in [-0.1, -0.05) is 6.92 Å². The van der Waals surface area contributed by atoms with Crippen LogP contribution in [0.25, 0.3) is 0 Å². The van der Waals surface area contributed by atoms with Crippen molar-refractivity contribution in [1.82, 2.24) is 4.31 Å². The minimum absolute atomic E-state index is 0.113. The fourth-order valence-corrected chi connectivity index (χ4v) is 3.57. The van der Waals surface area contributed by atoms with Crippen LogP contribution in [0.1, 0.15) is 19.8 Å². The molecule has 1 unspecified atom stereocenters. The van der Waals surface area contributed by atoms with E-state index in [0.29, 0.717) is 24.7 Å². The van der Waals surface area contributed by atoms with Gasteiger partial charge < -0.3 is 5.73 Å². The molecular weight excluding hydrogens is 269 g/mol. The van der Waals surface area contributed by atoms with E-state index < -0.39 is 16.0 Å². The molecule has 3 N–H and O–H groups in total. The van der Waals surface area contributed by atoms with Gasteiger partial charge in [0.15, 0.2) is 0 Å². The number of piperidine rings is 1. The van der Waals surface area contributed by atoms with Gasteiger partial charge in [0.2, 0.25) is 0 Å². The fraction of sp³-hybridized carbons (Fsp3) is 0.500. The van der Waals surface area contributed by atoms with Crippen LogP contribution in [-0.2, 0) is 10.2 Å². The van der Waals surface area contributed by atoms with Crippen LogP contribution >= 0.6 is 0 Å². The number of nitrogens with one attached hydrogen (secondary N) is 1. The molecular formula is C12H18FN3O2S. The molecule has 0 aliphatic carbocycles. The highest BCUT2D eigenvalue weighted by Gasteiger charge is 2.27. The zero-order valence-corrected chi connectivity index (χ0v) is 11.6. The number of nitrogen functional groups attached to an aromatic ring is 1. The highest BCUT2D eigenvalue weighted by Crippen LogP contribution is 2.23. The molecule has 1 aliphatic rings. The van der Waals surface area contributed by atoms with Gasteiger partial charge in [0, 0.05) is 18.8 Å². The highest BCUT2D eigenvalue weighted by atomic mass is 32.2. The number of nitrogens with two attached hydrogens (primary N) is 1. The molecule has 106 valence electrons. The van der Waals surface area contributed by atoms with Gasteiger partial charge >= 0.3 is 10.2 Å². The molecule has 1 saturated heterocycles. The molecule has 0 radical (unpaired) electrons. The van der Waals surface area contributed by atoms with E-state index >= 15 is 0 Å². The number of hydrogen-bond acceptors (Lipinski definition) is 3. The maximum atomic E-state index is 13.5. The lowest BCUT2D eigenvalue weighted by atomic mass is 10.0. The van der Waals surface area contributed by atoms with Crippen molar-refractivity contribution in [2.24, 2.45) is 5.92 Å². The third-order valence-corrected chi connectivity index (χ3v) is 4.68. The average molecular weight is 287 g/mol. The van der Waals surface area contributed by atoms with Crippen molar-refractivity contribution in [2.45, 2.75) is 19.8 Å². The molecule has 1 aromatic carbocycles. The molecule has 19 heavy (non-hydrogen) atoms. The average Bonchev–Trinajstić information content (AvgIpc) is 2.33. The minimum Gasteiger partial charge on any atom is -0.399 e. The third-order valence-electron chi connectivity index (χ3n) is 3.19. The van der Waals surface area contributed by atoms with Crippen molar-refractivity contribution < 1.29 is 12.8 Å². The second kappa shape index (κ2) is 5.34. The summed E-state index contributed by atoms with van der Waals surface area (Å²) in [5, 5.41) is 0. The number of benzene rings is 1. The topological polar surface area (TPSA) is 75.4 Å². The predicted octanol–water partition coefficient (Wildman–Crippen LogP) is 1.80. The summed E-state index contributed by atoms with van der Waals surface area (Å²) in [5.74, 6) is -0.321. The molecule has 0 spiro atoms. The van der Waals surface area contributed by atoms with E-state index in [4.69, 9.17) is 5.73 Å². The van der Waals surface area contributed by atoms with Gasteiger partial charge in [-0.3, -0.25) is 4.72 Å². The zero-order chi connectivity index (χ0) is 14.0. The predicted molar refractivity (Wildman–Crippen MR) is 73.3 cm³/mol. The fourth-order valence-electron chi connectivity index (χ4n) is 2.19. The van der Waals surface area contributed by atoms with Gasteiger partial charge in [-0.25, -0.2) is 4.39 Å². The zero-order valence-electron chi connectivity index (χ0n) is 10.8. The quantitative estimate of drug-likeness (QED) is 0.832. The van der Waals surface area contributed by atoms with Crippen molar-refractivity contribution in [2.75, 3.05) is 23.5 Å². The van der Waals surface area contributed by atoms with Crippen LogP contribution < -0.4 is 10.5 Å². The lowest BCUT2D eigenvalue weighted by Crippen LogP contribution is -2.42. The Morgan fingerprint density at radius 2 is 2.21 bits per heavy atom. The summed E-state index contributed by atoms with van der Waals surface area (Å²) in [6.07, 6.45) is 1.83. The Kier molecular flexibility index (Phi) is 3.96. The van der Waals surface area contributed by atoms with Gasteiger partial charge in [-0.2, -0.15) is 12.7 Å². The second-order valence-corrected chi connectivity index (χ2v) is 6.62. The molecule has 1 fully saturated rings. The third kappa shape index (κ3) is 3.36. The molecule has 5 nitrogen and oxygen atoms in total. The number of anilines is 2. The van der Waals surface area contributed by atoms with E-state index in [9.17, 15) is 12.8 Å². The monoisotopic (exact) mass is 287 g/mol.